The Hall–Kier alpha value is -2.76. The molecule has 0 aromatic heterocycles. The van der Waals surface area contributed by atoms with Crippen molar-refractivity contribution in [2.45, 2.75) is 39.5 Å². The van der Waals surface area contributed by atoms with E-state index < -0.39 is 5.92 Å². The van der Waals surface area contributed by atoms with Crippen LogP contribution >= 0.6 is 0 Å². The molecule has 0 radical (unpaired) electrons. The maximum Gasteiger partial charge on any atom is 0.336 e. The smallest absolute Gasteiger partial charge is 0.336 e. The number of carbonyl (C=O) groups is 1. The number of nitrogens with two attached hydrogens (primary N) is 1. The number of rotatable bonds is 8. The second kappa shape index (κ2) is 9.80. The summed E-state index contributed by atoms with van der Waals surface area (Å²) in [5, 5.41) is 3.02. The molecule has 1 unspecified atom stereocenters. The summed E-state index contributed by atoms with van der Waals surface area (Å²) in [6, 6.07) is 7.70. The van der Waals surface area contributed by atoms with Crippen LogP contribution in [0.15, 0.2) is 52.3 Å². The van der Waals surface area contributed by atoms with Gasteiger partial charge in [0, 0.05) is 24.4 Å². The molecule has 0 amide bonds. The van der Waals surface area contributed by atoms with Crippen molar-refractivity contribution in [3.05, 3.63) is 52.9 Å². The van der Waals surface area contributed by atoms with Crippen LogP contribution in [0.4, 0.5) is 0 Å². The molecule has 1 atom stereocenters. The van der Waals surface area contributed by atoms with Gasteiger partial charge in [-0.2, -0.15) is 0 Å². The van der Waals surface area contributed by atoms with Crippen LogP contribution in [0.1, 0.15) is 45.1 Å². The van der Waals surface area contributed by atoms with E-state index in [1.54, 1.807) is 20.2 Å². The highest BCUT2D eigenvalue weighted by molar-refractivity contribution is 6.06. The molecule has 0 bridgehead atoms. The van der Waals surface area contributed by atoms with Crippen LogP contribution in [0.5, 0.6) is 5.75 Å². The summed E-state index contributed by atoms with van der Waals surface area (Å²) in [6.07, 6.45) is 3.28. The van der Waals surface area contributed by atoms with Crippen LogP contribution in [0, 0.1) is 0 Å². The van der Waals surface area contributed by atoms with Crippen molar-refractivity contribution in [2.75, 3.05) is 20.3 Å². The van der Waals surface area contributed by atoms with Gasteiger partial charge in [0.2, 0.25) is 0 Å². The van der Waals surface area contributed by atoms with Crippen LogP contribution in [-0.4, -0.2) is 32.1 Å². The Bertz CT molecular complexity index is 766. The molecule has 1 heterocycles. The third kappa shape index (κ3) is 4.51. The predicted molar refractivity (Wildman–Crippen MR) is 108 cm³/mol. The Morgan fingerprint density at radius 1 is 1.26 bits per heavy atom. The predicted octanol–water partition coefficient (Wildman–Crippen LogP) is 3.26. The Labute approximate surface area is 161 Å². The van der Waals surface area contributed by atoms with Crippen molar-refractivity contribution in [1.29, 1.82) is 0 Å². The first-order valence-electron chi connectivity index (χ1n) is 9.42. The monoisotopic (exact) mass is 371 g/mol. The molecule has 0 saturated carbocycles. The molecular formula is C21H29N3O3. The zero-order valence-corrected chi connectivity index (χ0v) is 16.5. The fourth-order valence-corrected chi connectivity index (χ4v) is 3.25. The van der Waals surface area contributed by atoms with Gasteiger partial charge in [0.1, 0.15) is 11.6 Å². The van der Waals surface area contributed by atoms with Gasteiger partial charge in [0.15, 0.2) is 0 Å². The third-order valence-electron chi connectivity index (χ3n) is 4.27. The number of allylic oxidation sites excluding steroid dienone is 1. The standard InChI is InChI=1S/C21H29N3O3/c1-5-10-16-19(21(25)27-7-3)18(15(13-23-4)20(22)24-16)14-11-8-9-12-17(14)26-6-2/h8-9,11-13,18,23H,5-7,10H2,1-4H3,(H2,22,24)/b15-13-. The van der Waals surface area contributed by atoms with Crippen LogP contribution in [-0.2, 0) is 9.53 Å². The van der Waals surface area contributed by atoms with E-state index in [9.17, 15) is 4.79 Å². The van der Waals surface area contributed by atoms with Crippen LogP contribution < -0.4 is 15.8 Å². The number of aliphatic imine (C=N–C) groups is 1. The Morgan fingerprint density at radius 3 is 2.63 bits per heavy atom. The zero-order valence-electron chi connectivity index (χ0n) is 16.5. The molecule has 0 fully saturated rings. The molecule has 3 N–H and O–H groups in total. The second-order valence-electron chi connectivity index (χ2n) is 6.12. The highest BCUT2D eigenvalue weighted by Gasteiger charge is 2.36. The van der Waals surface area contributed by atoms with Crippen molar-refractivity contribution in [3.8, 4) is 5.75 Å². The molecule has 2 rings (SSSR count). The lowest BCUT2D eigenvalue weighted by molar-refractivity contribution is -0.138. The summed E-state index contributed by atoms with van der Waals surface area (Å²) in [5.74, 6) is 0.352. The van der Waals surface area contributed by atoms with E-state index in [-0.39, 0.29) is 5.97 Å². The molecule has 1 aromatic carbocycles. The number of ether oxygens (including phenoxy) is 2. The summed E-state index contributed by atoms with van der Waals surface area (Å²) >= 11 is 0. The molecule has 0 saturated heterocycles. The highest BCUT2D eigenvalue weighted by Crippen LogP contribution is 2.42. The Balaban J connectivity index is 2.74. The molecule has 6 nitrogen and oxygen atoms in total. The van der Waals surface area contributed by atoms with Crippen molar-refractivity contribution >= 4 is 11.8 Å². The van der Waals surface area contributed by atoms with E-state index in [0.717, 1.165) is 23.3 Å². The third-order valence-corrected chi connectivity index (χ3v) is 4.27. The lowest BCUT2D eigenvalue weighted by atomic mass is 9.80. The first-order chi connectivity index (χ1) is 13.1. The maximum atomic E-state index is 12.9. The molecule has 1 aromatic rings. The van der Waals surface area contributed by atoms with Crippen molar-refractivity contribution in [3.63, 3.8) is 0 Å². The fourth-order valence-electron chi connectivity index (χ4n) is 3.25. The van der Waals surface area contributed by atoms with Gasteiger partial charge in [-0.05, 0) is 26.3 Å². The van der Waals surface area contributed by atoms with E-state index in [1.165, 1.54) is 0 Å². The van der Waals surface area contributed by atoms with Gasteiger partial charge in [-0.25, -0.2) is 9.79 Å². The zero-order chi connectivity index (χ0) is 19.8. The number of nitrogens with one attached hydrogen (secondary N) is 1. The average Bonchev–Trinajstić information content (AvgIpc) is 2.65. The largest absolute Gasteiger partial charge is 0.494 e. The summed E-state index contributed by atoms with van der Waals surface area (Å²) in [7, 11) is 1.79. The van der Waals surface area contributed by atoms with E-state index in [1.807, 2.05) is 38.1 Å². The number of hydrogen-bond donors (Lipinski definition) is 2. The minimum absolute atomic E-state index is 0.297. The van der Waals surface area contributed by atoms with E-state index in [2.05, 4.69) is 10.3 Å². The number of esters is 1. The number of hydrogen-bond acceptors (Lipinski definition) is 6. The minimum Gasteiger partial charge on any atom is -0.494 e. The normalized spacial score (nSPS) is 18.3. The molecule has 0 aliphatic carbocycles. The Morgan fingerprint density at radius 2 is 2.00 bits per heavy atom. The maximum absolute atomic E-state index is 12.9. The molecule has 27 heavy (non-hydrogen) atoms. The number of amidine groups is 1. The van der Waals surface area contributed by atoms with Crippen LogP contribution in [0.25, 0.3) is 0 Å². The highest BCUT2D eigenvalue weighted by atomic mass is 16.5. The van der Waals surface area contributed by atoms with E-state index in [0.29, 0.717) is 36.7 Å². The van der Waals surface area contributed by atoms with Gasteiger partial charge < -0.3 is 20.5 Å². The topological polar surface area (TPSA) is 85.9 Å². The molecule has 6 heteroatoms. The first-order valence-corrected chi connectivity index (χ1v) is 9.42. The summed E-state index contributed by atoms with van der Waals surface area (Å²) in [5.41, 5.74) is 9.10. The quantitative estimate of drug-likeness (QED) is 0.685. The lowest BCUT2D eigenvalue weighted by Gasteiger charge is -2.29. The average molecular weight is 371 g/mol. The number of carbonyl (C=O) groups excluding carboxylic acids is 1. The summed E-state index contributed by atoms with van der Waals surface area (Å²) in [6.45, 7) is 6.60. The SMILES string of the molecule is CCCC1=C(C(=O)OCC)C(c2ccccc2OCC)/C(=C/NC)C(N)=N1. The van der Waals surface area contributed by atoms with Gasteiger partial charge in [-0.15, -0.1) is 0 Å². The molecule has 146 valence electrons. The van der Waals surface area contributed by atoms with Crippen molar-refractivity contribution in [1.82, 2.24) is 5.32 Å². The Kier molecular flexibility index (Phi) is 7.46. The summed E-state index contributed by atoms with van der Waals surface area (Å²) in [4.78, 5) is 17.4. The number of nitrogens with zero attached hydrogens (tertiary/aromatic N) is 1. The fraction of sp³-hybridized carbons (Fsp3) is 0.429. The van der Waals surface area contributed by atoms with Crippen molar-refractivity contribution in [2.24, 2.45) is 10.7 Å². The van der Waals surface area contributed by atoms with Crippen LogP contribution in [0.3, 0.4) is 0 Å². The van der Waals surface area contributed by atoms with E-state index in [4.69, 9.17) is 15.2 Å². The van der Waals surface area contributed by atoms with Gasteiger partial charge >= 0.3 is 5.97 Å². The van der Waals surface area contributed by atoms with Gasteiger partial charge in [0.05, 0.1) is 30.4 Å². The van der Waals surface area contributed by atoms with Gasteiger partial charge in [0.25, 0.3) is 0 Å². The van der Waals surface area contributed by atoms with Gasteiger partial charge in [-0.3, -0.25) is 0 Å². The number of benzene rings is 1. The second-order valence-corrected chi connectivity index (χ2v) is 6.12. The molecule has 1 aliphatic rings. The number of para-hydroxylation sites is 1. The lowest BCUT2D eigenvalue weighted by Crippen LogP contribution is -2.31. The van der Waals surface area contributed by atoms with Crippen molar-refractivity contribution < 1.29 is 14.3 Å². The summed E-state index contributed by atoms with van der Waals surface area (Å²) < 4.78 is 11.2. The van der Waals surface area contributed by atoms with Crippen LogP contribution in [0.2, 0.25) is 0 Å². The molecule has 0 spiro atoms. The van der Waals surface area contributed by atoms with E-state index >= 15 is 0 Å². The van der Waals surface area contributed by atoms with Gasteiger partial charge in [-0.1, -0.05) is 31.5 Å². The molecular weight excluding hydrogens is 342 g/mol. The molecule has 1 aliphatic heterocycles. The first kappa shape index (κ1) is 20.6. The minimum atomic E-state index is -0.404.